The number of allylic oxidation sites excluding steroid dienone is 1. The number of hydrogen-bond donors (Lipinski definition) is 0. The number of esters is 1. The molecule has 4 aliphatic carbocycles. The summed E-state index contributed by atoms with van der Waals surface area (Å²) >= 11 is 0. The third-order valence-corrected chi connectivity index (χ3v) is 11.3. The maximum absolute atomic E-state index is 13.4. The molecular formula is C35H44O6. The first-order chi connectivity index (χ1) is 19.9. The fourth-order valence-electron chi connectivity index (χ4n) is 9.64. The van der Waals surface area contributed by atoms with Crippen molar-refractivity contribution >= 4 is 11.8 Å². The van der Waals surface area contributed by atoms with Crippen LogP contribution >= 0.6 is 0 Å². The molecule has 6 rings (SSSR count). The van der Waals surface area contributed by atoms with E-state index in [9.17, 15) is 9.59 Å². The number of terminal acetylenes is 1. The summed E-state index contributed by atoms with van der Waals surface area (Å²) in [6, 6.07) is 5.29. The maximum atomic E-state index is 13.4. The molecule has 0 aromatic heterocycles. The Labute approximate surface area is 244 Å². The predicted octanol–water partition coefficient (Wildman–Crippen LogP) is 7.05. The maximum Gasteiger partial charge on any atom is 0.345 e. The number of benzene rings is 1. The summed E-state index contributed by atoms with van der Waals surface area (Å²) in [6.45, 7) is 4.47. The average Bonchev–Trinajstić information content (AvgIpc) is 3.56. The minimum absolute atomic E-state index is 0.184. The van der Waals surface area contributed by atoms with Crippen LogP contribution in [0.4, 0.5) is 0 Å². The number of fused-ring (bicyclic) bond motifs is 6. The summed E-state index contributed by atoms with van der Waals surface area (Å²) in [4.78, 5) is 25.6. The summed E-state index contributed by atoms with van der Waals surface area (Å²) in [5, 5.41) is 0. The number of rotatable bonds is 9. The molecular weight excluding hydrogens is 516 g/mol. The molecule has 0 radical (unpaired) electrons. The molecule has 5 aliphatic rings. The number of carbonyl (C=O) groups excluding carboxylic acids is 2. The van der Waals surface area contributed by atoms with Gasteiger partial charge in [0.15, 0.2) is 29.5 Å². The second-order valence-electron chi connectivity index (χ2n) is 13.0. The summed E-state index contributed by atoms with van der Waals surface area (Å²) in [7, 11) is 0. The highest BCUT2D eigenvalue weighted by Crippen LogP contribution is 2.69. The summed E-state index contributed by atoms with van der Waals surface area (Å²) in [5.74, 6) is 7.36. The fraction of sp³-hybridized carbons (Fsp3) is 0.657. The van der Waals surface area contributed by atoms with Crippen molar-refractivity contribution in [2.24, 2.45) is 35.0 Å². The third-order valence-electron chi connectivity index (χ3n) is 11.3. The lowest BCUT2D eigenvalue weighted by Crippen LogP contribution is -2.55. The molecule has 0 saturated heterocycles. The molecule has 3 fully saturated rings. The Morgan fingerprint density at radius 3 is 2.76 bits per heavy atom. The van der Waals surface area contributed by atoms with Crippen LogP contribution in [0.2, 0.25) is 0 Å². The van der Waals surface area contributed by atoms with Crippen LogP contribution in [0, 0.1) is 47.3 Å². The van der Waals surface area contributed by atoms with Gasteiger partial charge in [-0.05, 0) is 92.7 Å². The minimum atomic E-state index is -0.928. The van der Waals surface area contributed by atoms with Gasteiger partial charge < -0.3 is 18.9 Å². The predicted molar refractivity (Wildman–Crippen MR) is 155 cm³/mol. The van der Waals surface area contributed by atoms with Gasteiger partial charge in [-0.3, -0.25) is 4.79 Å². The van der Waals surface area contributed by atoms with Crippen molar-refractivity contribution in [3.8, 4) is 29.6 Å². The zero-order valence-electron chi connectivity index (χ0n) is 24.6. The molecule has 0 amide bonds. The van der Waals surface area contributed by atoms with Crippen molar-refractivity contribution in [1.29, 1.82) is 0 Å². The van der Waals surface area contributed by atoms with Gasteiger partial charge in [-0.15, -0.1) is 6.42 Å². The topological polar surface area (TPSA) is 71.1 Å². The lowest BCUT2D eigenvalue weighted by atomic mass is 9.48. The van der Waals surface area contributed by atoms with Gasteiger partial charge in [0, 0.05) is 24.3 Å². The van der Waals surface area contributed by atoms with Gasteiger partial charge in [-0.2, -0.15) is 0 Å². The van der Waals surface area contributed by atoms with Crippen LogP contribution in [0.15, 0.2) is 29.8 Å². The van der Waals surface area contributed by atoms with Crippen LogP contribution in [-0.4, -0.2) is 30.8 Å². The van der Waals surface area contributed by atoms with Gasteiger partial charge in [-0.1, -0.05) is 44.6 Å². The van der Waals surface area contributed by atoms with Crippen molar-refractivity contribution < 1.29 is 28.5 Å². The quantitative estimate of drug-likeness (QED) is 0.183. The first kappa shape index (κ1) is 28.2. The molecule has 5 unspecified atom stereocenters. The van der Waals surface area contributed by atoms with Crippen molar-refractivity contribution in [3.63, 3.8) is 0 Å². The van der Waals surface area contributed by atoms with Gasteiger partial charge in [-0.25, -0.2) is 4.79 Å². The fourth-order valence-corrected chi connectivity index (χ4v) is 9.64. The van der Waals surface area contributed by atoms with Crippen LogP contribution in [0.3, 0.4) is 0 Å². The summed E-state index contributed by atoms with van der Waals surface area (Å²) in [6.07, 6.45) is 20.6. The van der Waals surface area contributed by atoms with Crippen LogP contribution in [0.25, 0.3) is 0 Å². The Morgan fingerprint density at radius 2 is 1.95 bits per heavy atom. The molecule has 0 bridgehead atoms. The van der Waals surface area contributed by atoms with E-state index in [0.717, 1.165) is 51.4 Å². The van der Waals surface area contributed by atoms with Crippen LogP contribution < -0.4 is 14.2 Å². The van der Waals surface area contributed by atoms with Gasteiger partial charge in [0.1, 0.15) is 5.75 Å². The zero-order chi connectivity index (χ0) is 28.6. The molecule has 6 heteroatoms. The standard InChI is InChI=1S/C35H44O6/c1-4-7-8-9-24-20-35(6-3,41-32(37)21-38-26-12-15-30-31(19-26)40-22-39-30)34(5-2)17-16-28-27-14-11-25(36)18-23(27)10-13-29(28)33(24)34/h3,12,15,18-19,24,27-29,33H,4-5,7-11,13-14,16-17,20-22H2,1-2H3/t24?,27?,28?,29?,33?,34-,35-/m0/s1. The van der Waals surface area contributed by atoms with Gasteiger partial charge >= 0.3 is 5.97 Å². The second kappa shape index (κ2) is 11.4. The van der Waals surface area contributed by atoms with E-state index in [1.54, 1.807) is 18.2 Å². The molecule has 1 heterocycles. The molecule has 3 saturated carbocycles. The minimum Gasteiger partial charge on any atom is -0.482 e. The molecule has 220 valence electrons. The van der Waals surface area contributed by atoms with E-state index in [-0.39, 0.29) is 18.8 Å². The number of hydrogen-bond acceptors (Lipinski definition) is 6. The van der Waals surface area contributed by atoms with E-state index in [1.165, 1.54) is 24.8 Å². The Balaban J connectivity index is 1.25. The molecule has 1 aliphatic heterocycles. The number of ketones is 1. The van der Waals surface area contributed by atoms with E-state index in [1.807, 2.05) is 6.08 Å². The Bertz CT molecular complexity index is 1240. The third kappa shape index (κ3) is 4.84. The summed E-state index contributed by atoms with van der Waals surface area (Å²) in [5.41, 5.74) is 0.227. The van der Waals surface area contributed by atoms with Gasteiger partial charge in [0.05, 0.1) is 0 Å². The van der Waals surface area contributed by atoms with Crippen LogP contribution in [0.1, 0.15) is 90.9 Å². The number of ether oxygens (including phenoxy) is 4. The van der Waals surface area contributed by atoms with E-state index in [0.29, 0.717) is 59.0 Å². The lowest BCUT2D eigenvalue weighted by Gasteiger charge is -2.57. The Hall–Kier alpha value is -2.94. The number of carbonyl (C=O) groups is 2. The highest BCUT2D eigenvalue weighted by Gasteiger charge is 2.68. The highest BCUT2D eigenvalue weighted by molar-refractivity contribution is 5.91. The van der Waals surface area contributed by atoms with Gasteiger partial charge in [0.2, 0.25) is 6.79 Å². The van der Waals surface area contributed by atoms with E-state index in [2.05, 4.69) is 19.8 Å². The van der Waals surface area contributed by atoms with Crippen LogP contribution in [-0.2, 0) is 14.3 Å². The second-order valence-corrected chi connectivity index (χ2v) is 13.0. The smallest absolute Gasteiger partial charge is 0.345 e. The first-order valence-electron chi connectivity index (χ1n) is 15.9. The molecule has 1 aromatic rings. The monoisotopic (exact) mass is 560 g/mol. The highest BCUT2D eigenvalue weighted by atomic mass is 16.7. The van der Waals surface area contributed by atoms with Crippen molar-refractivity contribution in [2.75, 3.05) is 13.4 Å². The molecule has 41 heavy (non-hydrogen) atoms. The largest absolute Gasteiger partial charge is 0.482 e. The molecule has 0 spiro atoms. The molecule has 0 N–H and O–H groups in total. The van der Waals surface area contributed by atoms with Crippen LogP contribution in [0.5, 0.6) is 17.2 Å². The van der Waals surface area contributed by atoms with E-state index < -0.39 is 11.6 Å². The van der Waals surface area contributed by atoms with E-state index >= 15 is 0 Å². The normalized spacial score (nSPS) is 35.0. The molecule has 6 nitrogen and oxygen atoms in total. The van der Waals surface area contributed by atoms with E-state index in [4.69, 9.17) is 25.4 Å². The molecule has 1 aromatic carbocycles. The van der Waals surface area contributed by atoms with Crippen molar-refractivity contribution in [3.05, 3.63) is 29.8 Å². The average molecular weight is 561 g/mol. The van der Waals surface area contributed by atoms with Crippen molar-refractivity contribution in [2.45, 2.75) is 96.5 Å². The first-order valence-corrected chi connectivity index (χ1v) is 15.9. The van der Waals surface area contributed by atoms with Crippen molar-refractivity contribution in [1.82, 2.24) is 0 Å². The number of unbranched alkanes of at least 4 members (excludes halogenated alkanes) is 2. The molecule has 7 atom stereocenters. The zero-order valence-corrected chi connectivity index (χ0v) is 24.6. The Kier molecular flexibility index (Phi) is 7.83. The Morgan fingerprint density at radius 1 is 1.10 bits per heavy atom. The SMILES string of the molecule is C#C[C@]1(OC(=O)COc2ccc3c(c2)OCO3)CC(CCCCC)C2C3CCC4=CC(=O)CCC4C3CC[C@@]21CC. The van der Waals surface area contributed by atoms with Gasteiger partial charge in [0.25, 0.3) is 0 Å². The summed E-state index contributed by atoms with van der Waals surface area (Å²) < 4.78 is 23.1. The lowest BCUT2D eigenvalue weighted by molar-refractivity contribution is -0.175.